The minimum absolute atomic E-state index is 0.124. The van der Waals surface area contributed by atoms with Gasteiger partial charge in [-0.05, 0) is 24.0 Å². The van der Waals surface area contributed by atoms with Crippen LogP contribution in [0.2, 0.25) is 0 Å². The molecular formula is C14H18N2O3. The Kier molecular flexibility index (Phi) is 2.32. The number of hydrogen-bond donors (Lipinski definition) is 1. The van der Waals surface area contributed by atoms with Crippen LogP contribution in [0.5, 0.6) is 0 Å². The van der Waals surface area contributed by atoms with Gasteiger partial charge in [-0.15, -0.1) is 0 Å². The van der Waals surface area contributed by atoms with Gasteiger partial charge in [0.25, 0.3) is 0 Å². The van der Waals surface area contributed by atoms with Crippen molar-refractivity contribution in [1.82, 2.24) is 9.80 Å². The molecule has 1 N–H and O–H groups in total. The molecule has 3 atom stereocenters. The average molecular weight is 262 g/mol. The Hall–Kier alpha value is -1.33. The van der Waals surface area contributed by atoms with E-state index in [9.17, 15) is 9.90 Å². The van der Waals surface area contributed by atoms with Crippen LogP contribution in [0.25, 0.3) is 0 Å². The zero-order valence-corrected chi connectivity index (χ0v) is 10.8. The molecule has 0 spiro atoms. The predicted octanol–water partition coefficient (Wildman–Crippen LogP) is 0.827. The molecule has 5 heterocycles. The molecule has 0 aromatic carbocycles. The fourth-order valence-corrected chi connectivity index (χ4v) is 4.59. The lowest BCUT2D eigenvalue weighted by atomic mass is 9.59. The number of nitrogens with zero attached hydrogens (tertiary/aromatic N) is 2. The molecule has 3 unspecified atom stereocenters. The van der Waals surface area contributed by atoms with Gasteiger partial charge in [-0.3, -0.25) is 14.6 Å². The molecule has 0 saturated carbocycles. The molecule has 1 aromatic heterocycles. The first-order valence-electron chi connectivity index (χ1n) is 6.88. The number of carboxylic acid groups (broad SMARTS) is 1. The second-order valence-corrected chi connectivity index (χ2v) is 6.26. The topological polar surface area (TPSA) is 56.9 Å². The lowest BCUT2D eigenvalue weighted by Gasteiger charge is -2.62. The lowest BCUT2D eigenvalue weighted by molar-refractivity contribution is -0.154. The van der Waals surface area contributed by atoms with Crippen LogP contribution in [0, 0.1) is 11.8 Å². The molecule has 4 aliphatic heterocycles. The molecule has 5 nitrogen and oxygen atoms in total. The minimum Gasteiger partial charge on any atom is -0.481 e. The molecule has 4 bridgehead atoms. The van der Waals surface area contributed by atoms with E-state index in [1.54, 1.807) is 6.26 Å². The van der Waals surface area contributed by atoms with Crippen LogP contribution < -0.4 is 0 Å². The summed E-state index contributed by atoms with van der Waals surface area (Å²) in [5, 5.41) is 9.25. The lowest BCUT2D eigenvalue weighted by Crippen LogP contribution is -2.72. The molecule has 4 fully saturated rings. The van der Waals surface area contributed by atoms with Gasteiger partial charge in [-0.2, -0.15) is 0 Å². The van der Waals surface area contributed by atoms with E-state index < -0.39 is 5.97 Å². The average Bonchev–Trinajstić information content (AvgIpc) is 2.87. The molecule has 19 heavy (non-hydrogen) atoms. The van der Waals surface area contributed by atoms with Crippen molar-refractivity contribution in [2.24, 2.45) is 11.8 Å². The maximum atomic E-state index is 11.2. The van der Waals surface area contributed by atoms with Crippen molar-refractivity contribution in [2.75, 3.05) is 32.8 Å². The minimum atomic E-state index is -0.687. The van der Waals surface area contributed by atoms with Gasteiger partial charge in [-0.1, -0.05) is 0 Å². The number of aliphatic carboxylic acids is 1. The molecule has 5 rings (SSSR count). The SMILES string of the molecule is O=C(O)CC1C2CN3CN(C2)CC1(c1ccco1)C3. The van der Waals surface area contributed by atoms with Crippen LogP contribution in [-0.2, 0) is 10.2 Å². The van der Waals surface area contributed by atoms with Gasteiger partial charge < -0.3 is 9.52 Å². The third-order valence-electron chi connectivity index (χ3n) is 5.08. The Morgan fingerprint density at radius 1 is 1.42 bits per heavy atom. The summed E-state index contributed by atoms with van der Waals surface area (Å²) in [6.07, 6.45) is 1.96. The third kappa shape index (κ3) is 1.58. The molecule has 4 aliphatic rings. The summed E-state index contributed by atoms with van der Waals surface area (Å²) in [5.41, 5.74) is -0.124. The smallest absolute Gasteiger partial charge is 0.303 e. The molecule has 0 aliphatic carbocycles. The van der Waals surface area contributed by atoms with Crippen LogP contribution in [0.4, 0.5) is 0 Å². The highest BCUT2D eigenvalue weighted by Gasteiger charge is 2.58. The molecule has 0 radical (unpaired) electrons. The summed E-state index contributed by atoms with van der Waals surface area (Å²) >= 11 is 0. The highest BCUT2D eigenvalue weighted by Crippen LogP contribution is 2.50. The van der Waals surface area contributed by atoms with E-state index in [1.165, 1.54) is 0 Å². The quantitative estimate of drug-likeness (QED) is 0.874. The first kappa shape index (κ1) is 11.5. The fourth-order valence-electron chi connectivity index (χ4n) is 4.59. The van der Waals surface area contributed by atoms with E-state index in [0.717, 1.165) is 38.6 Å². The Bertz CT molecular complexity index is 485. The number of furan rings is 1. The molecule has 5 heteroatoms. The van der Waals surface area contributed by atoms with E-state index in [-0.39, 0.29) is 17.8 Å². The van der Waals surface area contributed by atoms with Crippen molar-refractivity contribution in [2.45, 2.75) is 11.8 Å². The highest BCUT2D eigenvalue weighted by molar-refractivity contribution is 5.67. The summed E-state index contributed by atoms with van der Waals surface area (Å²) in [5.74, 6) is 0.938. The third-order valence-corrected chi connectivity index (χ3v) is 5.08. The zero-order chi connectivity index (χ0) is 13.0. The monoisotopic (exact) mass is 262 g/mol. The standard InChI is InChI=1S/C14H18N2O3/c17-13(18)4-11-10-5-15-7-14(11,8-16(6-10)9-15)12-2-1-3-19-12/h1-3,10-11H,4-9H2,(H,17,18). The van der Waals surface area contributed by atoms with Gasteiger partial charge >= 0.3 is 5.97 Å². The number of carboxylic acids is 1. The van der Waals surface area contributed by atoms with Crippen molar-refractivity contribution in [1.29, 1.82) is 0 Å². The maximum absolute atomic E-state index is 11.2. The number of hydrogen-bond acceptors (Lipinski definition) is 4. The van der Waals surface area contributed by atoms with Crippen LogP contribution in [0.1, 0.15) is 12.2 Å². The van der Waals surface area contributed by atoms with E-state index in [2.05, 4.69) is 9.80 Å². The van der Waals surface area contributed by atoms with Crippen molar-refractivity contribution in [3.63, 3.8) is 0 Å². The Labute approximate surface area is 111 Å². The summed E-state index contributed by atoms with van der Waals surface area (Å²) < 4.78 is 5.68. The van der Waals surface area contributed by atoms with Gasteiger partial charge in [-0.25, -0.2) is 0 Å². The van der Waals surface area contributed by atoms with E-state index in [4.69, 9.17) is 4.42 Å². The Balaban J connectivity index is 1.77. The molecule has 1 aromatic rings. The van der Waals surface area contributed by atoms with Gasteiger partial charge in [0.2, 0.25) is 0 Å². The number of rotatable bonds is 3. The highest BCUT2D eigenvalue weighted by atomic mass is 16.4. The van der Waals surface area contributed by atoms with Gasteiger partial charge in [0.05, 0.1) is 18.3 Å². The second kappa shape index (κ2) is 3.84. The largest absolute Gasteiger partial charge is 0.481 e. The number of piperidine rings is 2. The second-order valence-electron chi connectivity index (χ2n) is 6.26. The van der Waals surface area contributed by atoms with E-state index in [0.29, 0.717) is 5.92 Å². The molecule has 0 amide bonds. The first-order valence-corrected chi connectivity index (χ1v) is 6.88. The fraction of sp³-hybridized carbons (Fsp3) is 0.643. The Morgan fingerprint density at radius 3 is 2.74 bits per heavy atom. The van der Waals surface area contributed by atoms with Crippen LogP contribution >= 0.6 is 0 Å². The normalized spacial score (nSPS) is 43.6. The van der Waals surface area contributed by atoms with Gasteiger partial charge in [0.1, 0.15) is 5.76 Å². The summed E-state index contributed by atoms with van der Waals surface area (Å²) in [7, 11) is 0. The summed E-state index contributed by atoms with van der Waals surface area (Å²) in [4.78, 5) is 16.1. The van der Waals surface area contributed by atoms with Crippen molar-refractivity contribution < 1.29 is 14.3 Å². The Morgan fingerprint density at radius 2 is 2.16 bits per heavy atom. The van der Waals surface area contributed by atoms with E-state index in [1.807, 2.05) is 12.1 Å². The van der Waals surface area contributed by atoms with E-state index >= 15 is 0 Å². The molecule has 102 valence electrons. The molecular weight excluding hydrogens is 244 g/mol. The zero-order valence-electron chi connectivity index (χ0n) is 10.8. The van der Waals surface area contributed by atoms with Crippen LogP contribution in [0.15, 0.2) is 22.8 Å². The van der Waals surface area contributed by atoms with Crippen LogP contribution in [0.3, 0.4) is 0 Å². The van der Waals surface area contributed by atoms with Crippen molar-refractivity contribution >= 4 is 5.97 Å². The van der Waals surface area contributed by atoms with Gasteiger partial charge in [0.15, 0.2) is 0 Å². The molecule has 4 saturated heterocycles. The first-order chi connectivity index (χ1) is 9.17. The van der Waals surface area contributed by atoms with Crippen molar-refractivity contribution in [3.8, 4) is 0 Å². The van der Waals surface area contributed by atoms with Gasteiger partial charge in [0, 0.05) is 32.6 Å². The van der Waals surface area contributed by atoms with Crippen molar-refractivity contribution in [3.05, 3.63) is 24.2 Å². The summed E-state index contributed by atoms with van der Waals surface area (Å²) in [6, 6.07) is 3.93. The number of carbonyl (C=O) groups is 1. The predicted molar refractivity (Wildman–Crippen MR) is 67.6 cm³/mol. The van der Waals surface area contributed by atoms with Crippen LogP contribution in [-0.4, -0.2) is 53.7 Å². The maximum Gasteiger partial charge on any atom is 0.303 e. The summed E-state index contributed by atoms with van der Waals surface area (Å²) in [6.45, 7) is 4.98.